The van der Waals surface area contributed by atoms with E-state index < -0.39 is 0 Å². The van der Waals surface area contributed by atoms with Crippen molar-refractivity contribution in [1.82, 2.24) is 9.97 Å². The molecule has 0 saturated carbocycles. The molecule has 0 aromatic carbocycles. The van der Waals surface area contributed by atoms with E-state index in [4.69, 9.17) is 10.6 Å². The fourth-order valence-corrected chi connectivity index (χ4v) is 1.83. The Morgan fingerprint density at radius 2 is 2.50 bits per heavy atom. The first-order valence-corrected chi connectivity index (χ1v) is 5.47. The molecule has 2 heterocycles. The van der Waals surface area contributed by atoms with Crippen molar-refractivity contribution in [2.24, 2.45) is 5.84 Å². The molecule has 2 atom stereocenters. The Hall–Kier alpha value is -1.40. The molecule has 6 heteroatoms. The number of anilines is 2. The average molecular weight is 223 g/mol. The summed E-state index contributed by atoms with van der Waals surface area (Å²) in [6.07, 6.45) is 4.16. The van der Waals surface area contributed by atoms with Gasteiger partial charge in [-0.2, -0.15) is 4.98 Å². The van der Waals surface area contributed by atoms with Gasteiger partial charge in [0, 0.05) is 12.8 Å². The molecule has 1 aromatic heterocycles. The van der Waals surface area contributed by atoms with E-state index in [1.54, 1.807) is 6.20 Å². The molecule has 1 fully saturated rings. The van der Waals surface area contributed by atoms with Crippen molar-refractivity contribution in [3.05, 3.63) is 12.3 Å². The minimum absolute atomic E-state index is 0.239. The predicted octanol–water partition coefficient (Wildman–Crippen LogP) is 0.742. The quantitative estimate of drug-likeness (QED) is 0.515. The Bertz CT molecular complexity index is 340. The van der Waals surface area contributed by atoms with Crippen molar-refractivity contribution in [2.45, 2.75) is 31.9 Å². The van der Waals surface area contributed by atoms with Crippen LogP contribution in [0.15, 0.2) is 12.3 Å². The standard InChI is InChI=1S/C10H17N5O/c1-7(8-3-2-6-16-8)13-9-4-5-12-10(14-9)15-11/h4-5,7-8H,2-3,6,11H2,1H3,(H2,12,13,14,15). The van der Waals surface area contributed by atoms with E-state index in [9.17, 15) is 0 Å². The summed E-state index contributed by atoms with van der Waals surface area (Å²) in [4.78, 5) is 8.13. The van der Waals surface area contributed by atoms with Crippen LogP contribution in [-0.2, 0) is 4.74 Å². The van der Waals surface area contributed by atoms with Crippen molar-refractivity contribution in [3.8, 4) is 0 Å². The molecule has 2 unspecified atom stereocenters. The highest BCUT2D eigenvalue weighted by Crippen LogP contribution is 2.18. The van der Waals surface area contributed by atoms with Crippen LogP contribution in [0.5, 0.6) is 0 Å². The zero-order chi connectivity index (χ0) is 11.4. The van der Waals surface area contributed by atoms with Crippen LogP contribution in [0.3, 0.4) is 0 Å². The summed E-state index contributed by atoms with van der Waals surface area (Å²) >= 11 is 0. The number of ether oxygens (including phenoxy) is 1. The molecule has 0 radical (unpaired) electrons. The molecule has 0 bridgehead atoms. The van der Waals surface area contributed by atoms with Gasteiger partial charge in [0.25, 0.3) is 0 Å². The second-order valence-electron chi connectivity index (χ2n) is 3.89. The highest BCUT2D eigenvalue weighted by atomic mass is 16.5. The third-order valence-corrected chi connectivity index (χ3v) is 2.68. The van der Waals surface area contributed by atoms with Crippen molar-refractivity contribution in [1.29, 1.82) is 0 Å². The minimum Gasteiger partial charge on any atom is -0.376 e. The Morgan fingerprint density at radius 3 is 3.19 bits per heavy atom. The Balaban J connectivity index is 1.96. The van der Waals surface area contributed by atoms with E-state index in [2.05, 4.69) is 27.6 Å². The van der Waals surface area contributed by atoms with Gasteiger partial charge in [0.05, 0.1) is 12.1 Å². The number of rotatable bonds is 4. The Morgan fingerprint density at radius 1 is 1.62 bits per heavy atom. The van der Waals surface area contributed by atoms with E-state index in [-0.39, 0.29) is 12.1 Å². The lowest BCUT2D eigenvalue weighted by Crippen LogP contribution is -2.30. The molecule has 2 rings (SSSR count). The van der Waals surface area contributed by atoms with Gasteiger partial charge in [0.2, 0.25) is 5.95 Å². The third kappa shape index (κ3) is 2.59. The monoisotopic (exact) mass is 223 g/mol. The molecule has 1 aliphatic heterocycles. The maximum Gasteiger partial charge on any atom is 0.239 e. The normalized spacial score (nSPS) is 21.8. The number of nitrogens with one attached hydrogen (secondary N) is 2. The number of aromatic nitrogens is 2. The van der Waals surface area contributed by atoms with Gasteiger partial charge in [-0.1, -0.05) is 0 Å². The van der Waals surface area contributed by atoms with Crippen LogP contribution in [0.4, 0.5) is 11.8 Å². The maximum absolute atomic E-state index is 5.60. The number of hydrazine groups is 1. The second-order valence-corrected chi connectivity index (χ2v) is 3.89. The molecule has 0 aliphatic carbocycles. The fourth-order valence-electron chi connectivity index (χ4n) is 1.83. The summed E-state index contributed by atoms with van der Waals surface area (Å²) < 4.78 is 5.60. The zero-order valence-electron chi connectivity index (χ0n) is 9.31. The first-order valence-electron chi connectivity index (χ1n) is 5.47. The molecule has 6 nitrogen and oxygen atoms in total. The number of hydrogen-bond donors (Lipinski definition) is 3. The molecular weight excluding hydrogens is 206 g/mol. The van der Waals surface area contributed by atoms with Crippen LogP contribution in [0.2, 0.25) is 0 Å². The van der Waals surface area contributed by atoms with Gasteiger partial charge in [-0.05, 0) is 25.8 Å². The molecule has 0 spiro atoms. The second kappa shape index (κ2) is 5.09. The third-order valence-electron chi connectivity index (χ3n) is 2.68. The minimum atomic E-state index is 0.239. The van der Waals surface area contributed by atoms with Crippen LogP contribution in [0.1, 0.15) is 19.8 Å². The molecule has 0 amide bonds. The summed E-state index contributed by atoms with van der Waals surface area (Å²) in [5.41, 5.74) is 2.42. The lowest BCUT2D eigenvalue weighted by molar-refractivity contribution is 0.0995. The molecule has 16 heavy (non-hydrogen) atoms. The van der Waals surface area contributed by atoms with Gasteiger partial charge in [0.15, 0.2) is 0 Å². The molecule has 1 aliphatic rings. The molecule has 1 aromatic rings. The van der Waals surface area contributed by atoms with Crippen LogP contribution in [-0.4, -0.2) is 28.7 Å². The van der Waals surface area contributed by atoms with Gasteiger partial charge in [-0.15, -0.1) is 0 Å². The SMILES string of the molecule is CC(Nc1ccnc(NN)n1)C1CCCO1. The van der Waals surface area contributed by atoms with Crippen molar-refractivity contribution in [3.63, 3.8) is 0 Å². The highest BCUT2D eigenvalue weighted by Gasteiger charge is 2.22. The van der Waals surface area contributed by atoms with Crippen LogP contribution >= 0.6 is 0 Å². The van der Waals surface area contributed by atoms with Gasteiger partial charge in [-0.25, -0.2) is 10.8 Å². The van der Waals surface area contributed by atoms with Crippen LogP contribution in [0.25, 0.3) is 0 Å². The largest absolute Gasteiger partial charge is 0.376 e. The molecule has 4 N–H and O–H groups in total. The van der Waals surface area contributed by atoms with Crippen molar-refractivity contribution >= 4 is 11.8 Å². The lowest BCUT2D eigenvalue weighted by Gasteiger charge is -2.20. The van der Waals surface area contributed by atoms with Crippen LogP contribution < -0.4 is 16.6 Å². The van der Waals surface area contributed by atoms with E-state index in [0.29, 0.717) is 5.95 Å². The lowest BCUT2D eigenvalue weighted by atomic mass is 10.1. The van der Waals surface area contributed by atoms with Gasteiger partial charge in [0.1, 0.15) is 5.82 Å². The van der Waals surface area contributed by atoms with Crippen molar-refractivity contribution in [2.75, 3.05) is 17.3 Å². The summed E-state index contributed by atoms with van der Waals surface area (Å²) in [6.45, 7) is 2.95. The number of hydrogen-bond acceptors (Lipinski definition) is 6. The molecule has 1 saturated heterocycles. The number of nitrogens with zero attached hydrogens (tertiary/aromatic N) is 2. The first-order chi connectivity index (χ1) is 7.79. The highest BCUT2D eigenvalue weighted by molar-refractivity contribution is 5.39. The van der Waals surface area contributed by atoms with Gasteiger partial charge >= 0.3 is 0 Å². The summed E-state index contributed by atoms with van der Waals surface area (Å²) in [5.74, 6) is 6.41. The first kappa shape index (κ1) is 11.1. The Kier molecular flexibility index (Phi) is 3.53. The zero-order valence-corrected chi connectivity index (χ0v) is 9.31. The Labute approximate surface area is 94.6 Å². The molecule has 88 valence electrons. The topological polar surface area (TPSA) is 85.1 Å². The van der Waals surface area contributed by atoms with Gasteiger partial charge < -0.3 is 10.1 Å². The average Bonchev–Trinajstić information content (AvgIpc) is 2.83. The van der Waals surface area contributed by atoms with Crippen LogP contribution in [0, 0.1) is 0 Å². The number of nitrogens with two attached hydrogens (primary N) is 1. The van der Waals surface area contributed by atoms with Gasteiger partial charge in [-0.3, -0.25) is 5.43 Å². The fraction of sp³-hybridized carbons (Fsp3) is 0.600. The molecular formula is C10H17N5O. The van der Waals surface area contributed by atoms with E-state index in [0.717, 1.165) is 25.3 Å². The van der Waals surface area contributed by atoms with E-state index in [1.807, 2.05) is 6.07 Å². The van der Waals surface area contributed by atoms with E-state index >= 15 is 0 Å². The summed E-state index contributed by atoms with van der Waals surface area (Å²) in [5, 5.41) is 3.29. The summed E-state index contributed by atoms with van der Waals surface area (Å²) in [7, 11) is 0. The van der Waals surface area contributed by atoms with E-state index in [1.165, 1.54) is 0 Å². The summed E-state index contributed by atoms with van der Waals surface area (Å²) in [6, 6.07) is 2.05. The van der Waals surface area contributed by atoms with Crippen molar-refractivity contribution < 1.29 is 4.74 Å². The number of nitrogen functional groups attached to an aromatic ring is 1. The smallest absolute Gasteiger partial charge is 0.239 e. The predicted molar refractivity (Wildman–Crippen MR) is 61.9 cm³/mol. The maximum atomic E-state index is 5.60.